The fourth-order valence-corrected chi connectivity index (χ4v) is 1.83. The number of rotatable bonds is 10. The highest BCUT2D eigenvalue weighted by Gasteiger charge is 2.41. The van der Waals surface area contributed by atoms with E-state index >= 15 is 0 Å². The Morgan fingerprint density at radius 2 is 1.61 bits per heavy atom. The van der Waals surface area contributed by atoms with E-state index in [1.54, 1.807) is 11.5 Å². The minimum Gasteiger partial charge on any atom is -0.462 e. The van der Waals surface area contributed by atoms with Crippen LogP contribution in [0.2, 0.25) is 0 Å². The van der Waals surface area contributed by atoms with Crippen LogP contribution in [-0.4, -0.2) is 37.3 Å². The maximum Gasteiger partial charge on any atom is 0.411 e. The summed E-state index contributed by atoms with van der Waals surface area (Å²) in [5, 5.41) is 0. The molecule has 0 radical (unpaired) electrons. The first-order chi connectivity index (χ1) is 13.1. The van der Waals surface area contributed by atoms with E-state index in [4.69, 9.17) is 9.47 Å². The summed E-state index contributed by atoms with van der Waals surface area (Å²) in [6.07, 6.45) is -5.59. The first kappa shape index (κ1) is 23.2. The molecule has 0 fully saturated rings. The van der Waals surface area contributed by atoms with E-state index in [0.717, 1.165) is 0 Å². The van der Waals surface area contributed by atoms with Gasteiger partial charge in [-0.2, -0.15) is 13.2 Å². The highest BCUT2D eigenvalue weighted by molar-refractivity contribution is 5.86. The largest absolute Gasteiger partial charge is 0.462 e. The molecule has 0 heterocycles. The fraction of sp³-hybridized carbons (Fsp3) is 0.389. The van der Waals surface area contributed by atoms with E-state index in [2.05, 4.69) is 11.4 Å². The summed E-state index contributed by atoms with van der Waals surface area (Å²) in [7, 11) is 0. The average Bonchev–Trinajstić information content (AvgIpc) is 2.63. The first-order valence-electron chi connectivity index (χ1n) is 8.16. The molecular weight excluding hydrogens is 383 g/mol. The summed E-state index contributed by atoms with van der Waals surface area (Å²) in [5.74, 6) is -2.49. The van der Waals surface area contributed by atoms with Crippen molar-refractivity contribution < 1.29 is 41.9 Å². The van der Waals surface area contributed by atoms with Crippen LogP contribution in [0.3, 0.4) is 0 Å². The highest BCUT2D eigenvalue weighted by Crippen LogP contribution is 2.32. The third-order valence-corrected chi connectivity index (χ3v) is 3.21. The molecule has 0 aromatic heterocycles. The zero-order valence-corrected chi connectivity index (χ0v) is 15.1. The molecule has 0 bridgehead atoms. The molecule has 0 aliphatic heterocycles. The Kier molecular flexibility index (Phi) is 9.16. The summed E-state index contributed by atoms with van der Waals surface area (Å²) in [4.78, 5) is 38.5. The van der Waals surface area contributed by atoms with Crippen LogP contribution in [0, 0.1) is 0 Å². The normalized spacial score (nSPS) is 12.0. The number of carbonyl (C=O) groups is 3. The van der Waals surface area contributed by atoms with E-state index < -0.39 is 43.0 Å². The molecule has 1 unspecified atom stereocenters. The number of ether oxygens (including phenoxy) is 2. The molecule has 28 heavy (non-hydrogen) atoms. The Balaban J connectivity index is 2.34. The van der Waals surface area contributed by atoms with Crippen molar-refractivity contribution in [3.8, 4) is 0 Å². The van der Waals surface area contributed by atoms with Gasteiger partial charge in [-0.25, -0.2) is 4.79 Å². The van der Waals surface area contributed by atoms with Gasteiger partial charge in [0.15, 0.2) is 6.04 Å². The minimum absolute atomic E-state index is 0.133. The summed E-state index contributed by atoms with van der Waals surface area (Å²) in [6, 6.07) is 4.65. The molecule has 0 saturated carbocycles. The van der Waals surface area contributed by atoms with Crippen molar-refractivity contribution in [3.05, 3.63) is 48.0 Å². The number of hydroxylamine groups is 1. The maximum absolute atomic E-state index is 13.1. The Hall–Kier alpha value is -2.88. The molecule has 1 atom stereocenters. The lowest BCUT2D eigenvalue weighted by Crippen LogP contribution is -2.35. The molecule has 0 amide bonds. The van der Waals surface area contributed by atoms with Crippen molar-refractivity contribution in [2.75, 3.05) is 13.2 Å². The van der Waals surface area contributed by atoms with Crippen LogP contribution in [0.25, 0.3) is 0 Å². The van der Waals surface area contributed by atoms with Gasteiger partial charge in [-0.05, 0) is 12.5 Å². The van der Waals surface area contributed by atoms with Crippen LogP contribution < -0.4 is 5.48 Å². The predicted octanol–water partition coefficient (Wildman–Crippen LogP) is 2.78. The molecule has 7 nitrogen and oxygen atoms in total. The van der Waals surface area contributed by atoms with Crippen molar-refractivity contribution in [3.63, 3.8) is 0 Å². The molecule has 0 saturated heterocycles. The lowest BCUT2D eigenvalue weighted by Gasteiger charge is -2.21. The highest BCUT2D eigenvalue weighted by atomic mass is 19.4. The van der Waals surface area contributed by atoms with E-state index in [1.807, 2.05) is 0 Å². The van der Waals surface area contributed by atoms with Crippen LogP contribution in [0.5, 0.6) is 0 Å². The average molecular weight is 403 g/mol. The van der Waals surface area contributed by atoms with Crippen molar-refractivity contribution in [1.29, 1.82) is 0 Å². The second-order valence-electron chi connectivity index (χ2n) is 5.61. The number of hydrogen-bond donors (Lipinski definition) is 1. The predicted molar refractivity (Wildman–Crippen MR) is 90.4 cm³/mol. The fourth-order valence-electron chi connectivity index (χ4n) is 1.83. The van der Waals surface area contributed by atoms with E-state index in [-0.39, 0.29) is 24.4 Å². The van der Waals surface area contributed by atoms with Crippen LogP contribution in [0.4, 0.5) is 13.2 Å². The molecule has 0 aliphatic rings. The third-order valence-electron chi connectivity index (χ3n) is 3.21. The van der Waals surface area contributed by atoms with Gasteiger partial charge in [0, 0.05) is 5.57 Å². The van der Waals surface area contributed by atoms with Gasteiger partial charge in [0.25, 0.3) is 0 Å². The molecule has 0 aliphatic carbocycles. The zero-order chi connectivity index (χ0) is 21.2. The van der Waals surface area contributed by atoms with Gasteiger partial charge in [0.1, 0.15) is 13.2 Å². The lowest BCUT2D eigenvalue weighted by molar-refractivity contribution is -0.193. The molecule has 154 valence electrons. The quantitative estimate of drug-likeness (QED) is 0.211. The standard InChI is InChI=1S/C18H20F3NO6/c1-12(2)17(25)27-11-10-26-14(23)8-9-15(24)28-22-16(18(19,20)21)13-6-4-3-5-7-13/h3-7,16,22H,1,8-11H2,2H3. The number of hydrogen-bond acceptors (Lipinski definition) is 7. The van der Waals surface area contributed by atoms with Gasteiger partial charge in [0.2, 0.25) is 0 Å². The van der Waals surface area contributed by atoms with Crippen molar-refractivity contribution in [2.45, 2.75) is 32.0 Å². The van der Waals surface area contributed by atoms with Gasteiger partial charge < -0.3 is 14.3 Å². The molecule has 1 rings (SSSR count). The molecule has 1 aromatic carbocycles. The topological polar surface area (TPSA) is 90.9 Å². The number of halogens is 3. The Labute approximate surface area is 159 Å². The van der Waals surface area contributed by atoms with E-state index in [9.17, 15) is 27.6 Å². The second-order valence-corrected chi connectivity index (χ2v) is 5.61. The summed E-state index contributed by atoms with van der Waals surface area (Å²) in [5.41, 5.74) is 1.74. The van der Waals surface area contributed by atoms with Gasteiger partial charge in [-0.1, -0.05) is 36.9 Å². The van der Waals surface area contributed by atoms with Gasteiger partial charge >= 0.3 is 24.1 Å². The number of benzene rings is 1. The van der Waals surface area contributed by atoms with Crippen molar-refractivity contribution >= 4 is 17.9 Å². The van der Waals surface area contributed by atoms with E-state index in [0.29, 0.717) is 0 Å². The monoisotopic (exact) mass is 403 g/mol. The van der Waals surface area contributed by atoms with Gasteiger partial charge in [0.05, 0.1) is 12.8 Å². The number of alkyl halides is 3. The number of carbonyl (C=O) groups excluding carboxylic acids is 3. The summed E-state index contributed by atoms with van der Waals surface area (Å²) in [6.45, 7) is 4.41. The molecular formula is C18H20F3NO6. The third kappa shape index (κ3) is 8.67. The SMILES string of the molecule is C=C(C)C(=O)OCCOC(=O)CCC(=O)ONC(c1ccccc1)C(F)(F)F. The molecule has 0 spiro atoms. The van der Waals surface area contributed by atoms with Crippen LogP contribution in [0.15, 0.2) is 42.5 Å². The smallest absolute Gasteiger partial charge is 0.411 e. The Morgan fingerprint density at radius 1 is 1.04 bits per heavy atom. The molecule has 10 heteroatoms. The summed E-state index contributed by atoms with van der Waals surface area (Å²) >= 11 is 0. The molecule has 1 N–H and O–H groups in total. The van der Waals surface area contributed by atoms with Crippen LogP contribution in [0.1, 0.15) is 31.4 Å². The maximum atomic E-state index is 13.1. The lowest BCUT2D eigenvalue weighted by atomic mass is 10.1. The Bertz CT molecular complexity index is 690. The van der Waals surface area contributed by atoms with Crippen LogP contribution in [-0.2, 0) is 28.7 Å². The van der Waals surface area contributed by atoms with Gasteiger partial charge in [-0.15, -0.1) is 5.48 Å². The first-order valence-corrected chi connectivity index (χ1v) is 8.16. The minimum atomic E-state index is -4.69. The van der Waals surface area contributed by atoms with E-state index in [1.165, 1.54) is 31.2 Å². The van der Waals surface area contributed by atoms with Crippen molar-refractivity contribution in [2.24, 2.45) is 0 Å². The molecule has 1 aromatic rings. The second kappa shape index (κ2) is 11.1. The summed E-state index contributed by atoms with van der Waals surface area (Å²) < 4.78 is 48.7. The van der Waals surface area contributed by atoms with Gasteiger partial charge in [-0.3, -0.25) is 9.59 Å². The number of nitrogens with one attached hydrogen (secondary N) is 1. The zero-order valence-electron chi connectivity index (χ0n) is 15.1. The van der Waals surface area contributed by atoms with Crippen molar-refractivity contribution in [1.82, 2.24) is 5.48 Å². The number of esters is 2. The van der Waals surface area contributed by atoms with Crippen LogP contribution >= 0.6 is 0 Å². The Morgan fingerprint density at radius 3 is 2.18 bits per heavy atom.